The molecule has 1 heterocycles. The second-order valence-electron chi connectivity index (χ2n) is 3.10. The number of rotatable bonds is 4. The van der Waals surface area contributed by atoms with E-state index in [0.717, 1.165) is 25.9 Å². The van der Waals surface area contributed by atoms with E-state index in [-0.39, 0.29) is 12.6 Å². The third-order valence-corrected chi connectivity index (χ3v) is 2.12. The van der Waals surface area contributed by atoms with Gasteiger partial charge in [-0.1, -0.05) is 0 Å². The molecule has 1 saturated heterocycles. The molecule has 1 rings (SSSR count). The number of carboxylic acids is 1. The predicted molar refractivity (Wildman–Crippen MR) is 47.7 cm³/mol. The molecule has 1 aliphatic heterocycles. The van der Waals surface area contributed by atoms with Crippen molar-refractivity contribution in [2.75, 3.05) is 19.6 Å². The van der Waals surface area contributed by atoms with Gasteiger partial charge in [-0.25, -0.2) is 0 Å². The maximum absolute atomic E-state index is 10.4. The van der Waals surface area contributed by atoms with Gasteiger partial charge in [0, 0.05) is 19.8 Å². The molecule has 0 spiro atoms. The smallest absolute Gasteiger partial charge is 0.317 e. The van der Waals surface area contributed by atoms with E-state index < -0.39 is 5.97 Å². The highest BCUT2D eigenvalue weighted by molar-refractivity contribution is 5.69. The lowest BCUT2D eigenvalue weighted by atomic mass is 10.1. The Morgan fingerprint density at radius 2 is 2.23 bits per heavy atom. The highest BCUT2D eigenvalue weighted by Gasteiger charge is 2.21. The van der Waals surface area contributed by atoms with E-state index in [0.29, 0.717) is 0 Å². The molecule has 0 aromatic heterocycles. The summed E-state index contributed by atoms with van der Waals surface area (Å²) in [6.07, 6.45) is 1.76. The van der Waals surface area contributed by atoms with E-state index in [4.69, 9.17) is 9.94 Å². The van der Waals surface area contributed by atoms with Crippen LogP contribution in [0.3, 0.4) is 0 Å². The summed E-state index contributed by atoms with van der Waals surface area (Å²) in [6.45, 7) is 4.87. The summed E-state index contributed by atoms with van der Waals surface area (Å²) in [6, 6.07) is 0. The Bertz CT molecular complexity index is 188. The Morgan fingerprint density at radius 1 is 1.62 bits per heavy atom. The molecule has 1 fully saturated rings. The van der Waals surface area contributed by atoms with Crippen LogP contribution in [-0.4, -0.2) is 48.4 Å². The number of carbonyl (C=O) groups is 1. The zero-order valence-corrected chi connectivity index (χ0v) is 7.48. The fraction of sp³-hybridized carbons (Fsp3) is 0.750. The predicted octanol–water partition coefficient (Wildman–Crippen LogP) is 0.168. The molecule has 0 amide bonds. The first kappa shape index (κ1) is 9.98. The van der Waals surface area contributed by atoms with Crippen molar-refractivity contribution in [2.45, 2.75) is 18.9 Å². The van der Waals surface area contributed by atoms with Crippen molar-refractivity contribution in [3.8, 4) is 0 Å². The van der Waals surface area contributed by atoms with Gasteiger partial charge in [0.25, 0.3) is 0 Å². The molecular weight excluding hydrogens is 172 g/mol. The van der Waals surface area contributed by atoms with Crippen LogP contribution < -0.4 is 0 Å². The van der Waals surface area contributed by atoms with Gasteiger partial charge in [-0.05, 0) is 12.8 Å². The van der Waals surface area contributed by atoms with Gasteiger partial charge in [-0.15, -0.1) is 5.16 Å². The zero-order chi connectivity index (χ0) is 9.68. The van der Waals surface area contributed by atoms with E-state index in [2.05, 4.69) is 11.9 Å². The summed E-state index contributed by atoms with van der Waals surface area (Å²) in [5, 5.41) is 11.9. The summed E-state index contributed by atoms with van der Waals surface area (Å²) in [5.41, 5.74) is 0. The first-order valence-corrected chi connectivity index (χ1v) is 4.28. The Balaban J connectivity index is 2.22. The molecule has 0 bridgehead atoms. The van der Waals surface area contributed by atoms with Crippen LogP contribution in [0, 0.1) is 0 Å². The highest BCUT2D eigenvalue weighted by atomic mass is 16.6. The van der Waals surface area contributed by atoms with Crippen molar-refractivity contribution in [1.29, 1.82) is 0 Å². The molecule has 0 aliphatic carbocycles. The largest absolute Gasteiger partial charge is 0.480 e. The van der Waals surface area contributed by atoms with Crippen LogP contribution in [0.2, 0.25) is 0 Å². The van der Waals surface area contributed by atoms with Crippen LogP contribution >= 0.6 is 0 Å². The number of likely N-dealkylation sites (tertiary alicyclic amines) is 1. The lowest BCUT2D eigenvalue weighted by molar-refractivity contribution is -0.139. The van der Waals surface area contributed by atoms with Gasteiger partial charge in [0.05, 0.1) is 6.54 Å². The van der Waals surface area contributed by atoms with Crippen molar-refractivity contribution in [1.82, 2.24) is 4.90 Å². The van der Waals surface area contributed by atoms with Gasteiger partial charge in [-0.3, -0.25) is 9.69 Å². The Hall–Kier alpha value is -1.10. The summed E-state index contributed by atoms with van der Waals surface area (Å²) < 4.78 is 0. The molecule has 5 nitrogen and oxygen atoms in total. The minimum atomic E-state index is -0.777. The fourth-order valence-electron chi connectivity index (χ4n) is 1.47. The minimum Gasteiger partial charge on any atom is -0.480 e. The van der Waals surface area contributed by atoms with Crippen LogP contribution in [0.1, 0.15) is 12.8 Å². The molecule has 13 heavy (non-hydrogen) atoms. The Morgan fingerprint density at radius 3 is 2.69 bits per heavy atom. The molecule has 1 aliphatic rings. The van der Waals surface area contributed by atoms with Crippen LogP contribution in [0.15, 0.2) is 5.16 Å². The van der Waals surface area contributed by atoms with E-state index >= 15 is 0 Å². The summed E-state index contributed by atoms with van der Waals surface area (Å²) in [4.78, 5) is 17.2. The summed E-state index contributed by atoms with van der Waals surface area (Å²) in [7, 11) is 0. The third-order valence-electron chi connectivity index (χ3n) is 2.12. The molecule has 0 atom stereocenters. The number of oxime groups is 1. The first-order chi connectivity index (χ1) is 6.22. The van der Waals surface area contributed by atoms with Gasteiger partial charge in [0.1, 0.15) is 6.10 Å². The van der Waals surface area contributed by atoms with Crippen LogP contribution in [0.25, 0.3) is 0 Å². The SMILES string of the molecule is C=NOC1CCN(CC(=O)O)CC1. The van der Waals surface area contributed by atoms with E-state index in [9.17, 15) is 4.79 Å². The van der Waals surface area contributed by atoms with Crippen LogP contribution in [0.4, 0.5) is 0 Å². The van der Waals surface area contributed by atoms with Gasteiger partial charge >= 0.3 is 5.97 Å². The number of hydrogen-bond donors (Lipinski definition) is 1. The lowest BCUT2D eigenvalue weighted by Crippen LogP contribution is -2.39. The maximum Gasteiger partial charge on any atom is 0.317 e. The molecule has 74 valence electrons. The van der Waals surface area contributed by atoms with Crippen molar-refractivity contribution < 1.29 is 14.7 Å². The maximum atomic E-state index is 10.4. The molecule has 0 saturated carbocycles. The van der Waals surface area contributed by atoms with Crippen molar-refractivity contribution in [3.63, 3.8) is 0 Å². The third kappa shape index (κ3) is 3.42. The number of nitrogens with zero attached hydrogens (tertiary/aromatic N) is 2. The molecule has 0 aromatic rings. The second kappa shape index (κ2) is 4.81. The standard InChI is InChI=1S/C8H14N2O3/c1-9-13-7-2-4-10(5-3-7)6-8(11)12/h7H,1-6H2,(H,11,12). The first-order valence-electron chi connectivity index (χ1n) is 4.28. The van der Waals surface area contributed by atoms with E-state index in [1.54, 1.807) is 0 Å². The normalized spacial score (nSPS) is 19.7. The average molecular weight is 186 g/mol. The molecule has 0 unspecified atom stereocenters. The van der Waals surface area contributed by atoms with Crippen molar-refractivity contribution in [3.05, 3.63) is 0 Å². The molecule has 0 aromatic carbocycles. The summed E-state index contributed by atoms with van der Waals surface area (Å²) >= 11 is 0. The van der Waals surface area contributed by atoms with E-state index in [1.165, 1.54) is 0 Å². The van der Waals surface area contributed by atoms with Crippen LogP contribution in [-0.2, 0) is 9.63 Å². The number of piperidine rings is 1. The summed E-state index contributed by atoms with van der Waals surface area (Å²) in [5.74, 6) is -0.777. The van der Waals surface area contributed by atoms with Gasteiger partial charge in [0.2, 0.25) is 0 Å². The Labute approximate surface area is 77.0 Å². The van der Waals surface area contributed by atoms with E-state index in [1.807, 2.05) is 4.90 Å². The lowest BCUT2D eigenvalue weighted by Gasteiger charge is -2.28. The molecule has 1 N–H and O–H groups in total. The zero-order valence-electron chi connectivity index (χ0n) is 7.48. The minimum absolute atomic E-state index is 0.113. The topological polar surface area (TPSA) is 62.1 Å². The number of aliphatic carboxylic acids is 1. The average Bonchev–Trinajstić information content (AvgIpc) is 2.08. The monoisotopic (exact) mass is 186 g/mol. The molecule has 0 radical (unpaired) electrons. The fourth-order valence-corrected chi connectivity index (χ4v) is 1.47. The molecular formula is C8H14N2O3. The van der Waals surface area contributed by atoms with Gasteiger partial charge in [0.15, 0.2) is 0 Å². The number of hydrogen-bond acceptors (Lipinski definition) is 4. The van der Waals surface area contributed by atoms with Crippen molar-refractivity contribution >= 4 is 12.7 Å². The quantitative estimate of drug-likeness (QED) is 0.502. The van der Waals surface area contributed by atoms with Gasteiger partial charge < -0.3 is 9.94 Å². The van der Waals surface area contributed by atoms with Crippen LogP contribution in [0.5, 0.6) is 0 Å². The highest BCUT2D eigenvalue weighted by Crippen LogP contribution is 2.13. The van der Waals surface area contributed by atoms with Gasteiger partial charge in [-0.2, -0.15) is 0 Å². The number of carboxylic acid groups (broad SMARTS) is 1. The Kier molecular flexibility index (Phi) is 3.70. The molecule has 5 heteroatoms. The second-order valence-corrected chi connectivity index (χ2v) is 3.10. The van der Waals surface area contributed by atoms with Crippen molar-refractivity contribution in [2.24, 2.45) is 5.16 Å².